The van der Waals surface area contributed by atoms with E-state index in [4.69, 9.17) is 0 Å². The molecular weight excluding hydrogens is 144 g/mol. The van der Waals surface area contributed by atoms with Crippen LogP contribution in [0.25, 0.3) is 0 Å². The molecule has 1 saturated heterocycles. The highest BCUT2D eigenvalue weighted by Crippen LogP contribution is 2.20. The molecule has 48 valence electrons. The summed E-state index contributed by atoms with van der Waals surface area (Å²) in [6, 6.07) is 0. The summed E-state index contributed by atoms with van der Waals surface area (Å²) in [4.78, 5) is 0. The zero-order valence-electron chi connectivity index (χ0n) is 4.33. The van der Waals surface area contributed by atoms with Gasteiger partial charge in [0.25, 0.3) is 0 Å². The maximum atomic E-state index is 10.2. The van der Waals surface area contributed by atoms with Gasteiger partial charge in [0, 0.05) is 11.0 Å². The van der Waals surface area contributed by atoms with Crippen LogP contribution in [0.5, 0.6) is 0 Å². The van der Waals surface area contributed by atoms with Crippen molar-refractivity contribution in [2.45, 2.75) is 11.7 Å². The Balaban J connectivity index is 2.35. The first kappa shape index (κ1) is 6.58. The predicted molar refractivity (Wildman–Crippen MR) is 34.6 cm³/mol. The average Bonchev–Trinajstić information content (AvgIpc) is 2.12. The van der Waals surface area contributed by atoms with E-state index in [0.717, 1.165) is 17.9 Å². The number of thioether (sulfide) groups is 1. The molecule has 8 heavy (non-hydrogen) atoms. The third kappa shape index (κ3) is 1.47. The molecule has 0 aromatic rings. The van der Waals surface area contributed by atoms with Crippen molar-refractivity contribution in [2.24, 2.45) is 0 Å². The average molecular weight is 151 g/mol. The van der Waals surface area contributed by atoms with Crippen LogP contribution in [0.4, 0.5) is 0 Å². The van der Waals surface area contributed by atoms with E-state index >= 15 is 0 Å². The number of hydrogen-bond acceptors (Lipinski definition) is 3. The summed E-state index contributed by atoms with van der Waals surface area (Å²) in [7, 11) is 0. The van der Waals surface area contributed by atoms with E-state index in [1.54, 1.807) is 11.8 Å². The van der Waals surface area contributed by atoms with Crippen LogP contribution >= 0.6 is 11.8 Å². The fraction of sp³-hybridized carbons (Fsp3) is 1.00. The van der Waals surface area contributed by atoms with Crippen LogP contribution in [0.15, 0.2) is 0 Å². The Hall–Kier alpha value is 0.460. The Morgan fingerprint density at radius 3 is 2.75 bits per heavy atom. The van der Waals surface area contributed by atoms with Crippen molar-refractivity contribution in [1.29, 1.82) is 0 Å². The van der Waals surface area contributed by atoms with Crippen molar-refractivity contribution in [3.8, 4) is 0 Å². The topological polar surface area (TPSA) is 40.1 Å². The van der Waals surface area contributed by atoms with Crippen LogP contribution in [0.2, 0.25) is 0 Å². The largest absolute Gasteiger partial charge is 0.772 e. The third-order valence-electron chi connectivity index (χ3n) is 1.16. The van der Waals surface area contributed by atoms with E-state index in [-0.39, 0.29) is 5.25 Å². The molecule has 0 saturated carbocycles. The summed E-state index contributed by atoms with van der Waals surface area (Å²) >= 11 is -0.0943. The van der Waals surface area contributed by atoms with Crippen molar-refractivity contribution in [3.63, 3.8) is 0 Å². The van der Waals surface area contributed by atoms with Gasteiger partial charge in [-0.15, -0.1) is 0 Å². The van der Waals surface area contributed by atoms with Crippen LogP contribution < -0.4 is 0 Å². The second-order valence-corrected chi connectivity index (χ2v) is 4.08. The molecule has 0 bridgehead atoms. The van der Waals surface area contributed by atoms with Crippen molar-refractivity contribution >= 4 is 22.8 Å². The Morgan fingerprint density at radius 2 is 2.50 bits per heavy atom. The van der Waals surface area contributed by atoms with Gasteiger partial charge in [-0.05, 0) is 12.2 Å². The molecule has 0 spiro atoms. The third-order valence-corrected chi connectivity index (χ3v) is 3.48. The van der Waals surface area contributed by atoms with Gasteiger partial charge >= 0.3 is 0 Å². The maximum absolute atomic E-state index is 10.2. The molecule has 4 heteroatoms. The van der Waals surface area contributed by atoms with E-state index < -0.39 is 11.1 Å². The highest BCUT2D eigenvalue weighted by Gasteiger charge is 2.14. The van der Waals surface area contributed by atoms with Crippen LogP contribution in [-0.2, 0) is 11.1 Å². The zero-order chi connectivity index (χ0) is 5.98. The first-order valence-electron chi connectivity index (χ1n) is 2.46. The van der Waals surface area contributed by atoms with Crippen LogP contribution in [0.3, 0.4) is 0 Å². The van der Waals surface area contributed by atoms with Crippen molar-refractivity contribution in [1.82, 2.24) is 0 Å². The van der Waals surface area contributed by atoms with Crippen LogP contribution in [0, 0.1) is 0 Å². The predicted octanol–water partition coefficient (Wildman–Crippen LogP) is 0.371. The Kier molecular flexibility index (Phi) is 2.34. The Labute approximate surface area is 55.3 Å². The second kappa shape index (κ2) is 2.85. The lowest BCUT2D eigenvalue weighted by Gasteiger charge is -2.09. The summed E-state index contributed by atoms with van der Waals surface area (Å²) < 4.78 is 20.4. The highest BCUT2D eigenvalue weighted by atomic mass is 32.2. The molecule has 2 nitrogen and oxygen atoms in total. The molecule has 0 amide bonds. The fourth-order valence-electron chi connectivity index (χ4n) is 0.665. The monoisotopic (exact) mass is 151 g/mol. The summed E-state index contributed by atoms with van der Waals surface area (Å²) in [5.74, 6) is 1.81. The molecule has 0 aromatic heterocycles. The molecule has 1 aliphatic rings. The summed E-state index contributed by atoms with van der Waals surface area (Å²) in [6.07, 6.45) is 0.848. The fourth-order valence-corrected chi connectivity index (χ4v) is 2.90. The standard InChI is InChI=1S/C4H8O2S2/c5-8(6)4-1-2-7-3-4/h4H,1-3H2,(H,5,6)/p-1. The van der Waals surface area contributed by atoms with Crippen LogP contribution in [-0.4, -0.2) is 25.5 Å². The summed E-state index contributed by atoms with van der Waals surface area (Å²) in [6.45, 7) is 0. The molecule has 1 rings (SSSR count). The van der Waals surface area contributed by atoms with E-state index in [2.05, 4.69) is 0 Å². The molecule has 0 aliphatic carbocycles. The van der Waals surface area contributed by atoms with Gasteiger partial charge in [-0.2, -0.15) is 11.8 Å². The van der Waals surface area contributed by atoms with Gasteiger partial charge < -0.3 is 4.55 Å². The van der Waals surface area contributed by atoms with E-state index in [1.807, 2.05) is 0 Å². The lowest BCUT2D eigenvalue weighted by Crippen LogP contribution is -2.12. The Morgan fingerprint density at radius 1 is 1.75 bits per heavy atom. The Bertz CT molecular complexity index is 98.2. The van der Waals surface area contributed by atoms with Crippen LogP contribution in [0.1, 0.15) is 6.42 Å². The molecule has 1 fully saturated rings. The minimum atomic E-state index is -1.81. The number of hydrogen-bond donors (Lipinski definition) is 0. The molecular formula is C4H7O2S2-. The molecule has 0 radical (unpaired) electrons. The van der Waals surface area contributed by atoms with Gasteiger partial charge in [-0.25, -0.2) is 0 Å². The molecule has 1 aliphatic heterocycles. The molecule has 2 unspecified atom stereocenters. The van der Waals surface area contributed by atoms with Gasteiger partial charge in [0.05, 0.1) is 0 Å². The minimum absolute atomic E-state index is 0.0556. The van der Waals surface area contributed by atoms with Crippen molar-refractivity contribution < 1.29 is 8.76 Å². The second-order valence-electron chi connectivity index (χ2n) is 1.75. The van der Waals surface area contributed by atoms with E-state index in [0.29, 0.717) is 0 Å². The van der Waals surface area contributed by atoms with Crippen molar-refractivity contribution in [2.75, 3.05) is 11.5 Å². The maximum Gasteiger partial charge on any atom is 0.0314 e. The lowest BCUT2D eigenvalue weighted by molar-refractivity contribution is 0.526. The van der Waals surface area contributed by atoms with Gasteiger partial charge in [0.2, 0.25) is 0 Å². The summed E-state index contributed by atoms with van der Waals surface area (Å²) in [5, 5.41) is -0.0556. The zero-order valence-corrected chi connectivity index (χ0v) is 5.96. The van der Waals surface area contributed by atoms with Gasteiger partial charge in [-0.3, -0.25) is 4.21 Å². The lowest BCUT2D eigenvalue weighted by atomic mass is 10.4. The van der Waals surface area contributed by atoms with Gasteiger partial charge in [0.1, 0.15) is 0 Å². The van der Waals surface area contributed by atoms with E-state index in [9.17, 15) is 8.76 Å². The first-order chi connectivity index (χ1) is 3.80. The van der Waals surface area contributed by atoms with E-state index in [1.165, 1.54) is 0 Å². The molecule has 1 heterocycles. The van der Waals surface area contributed by atoms with Gasteiger partial charge in [0.15, 0.2) is 0 Å². The minimum Gasteiger partial charge on any atom is -0.772 e. The quantitative estimate of drug-likeness (QED) is 0.508. The smallest absolute Gasteiger partial charge is 0.0314 e. The highest BCUT2D eigenvalue weighted by molar-refractivity contribution is 8.00. The normalized spacial score (nSPS) is 32.9. The summed E-state index contributed by atoms with van der Waals surface area (Å²) in [5.41, 5.74) is 0. The van der Waals surface area contributed by atoms with Gasteiger partial charge in [-0.1, -0.05) is 11.1 Å². The molecule has 0 N–H and O–H groups in total. The first-order valence-corrected chi connectivity index (χ1v) is 4.76. The number of rotatable bonds is 1. The molecule has 2 atom stereocenters. The molecule has 0 aromatic carbocycles. The van der Waals surface area contributed by atoms with Crippen molar-refractivity contribution in [3.05, 3.63) is 0 Å². The SMILES string of the molecule is O=S([O-])C1CCSC1.